The van der Waals surface area contributed by atoms with E-state index in [1.54, 1.807) is 0 Å². The van der Waals surface area contributed by atoms with Crippen molar-refractivity contribution in [3.8, 4) is 0 Å². The number of amides is 1. The van der Waals surface area contributed by atoms with Crippen molar-refractivity contribution in [2.24, 2.45) is 0 Å². The number of fused-ring (bicyclic) bond motifs is 1. The molecule has 0 aliphatic carbocycles. The number of rotatable bonds is 1. The molecule has 0 bridgehead atoms. The molecule has 1 aliphatic heterocycles. The van der Waals surface area contributed by atoms with E-state index in [2.05, 4.69) is 0 Å². The van der Waals surface area contributed by atoms with Crippen LogP contribution in [0.5, 0.6) is 0 Å². The summed E-state index contributed by atoms with van der Waals surface area (Å²) >= 11 is 0. The topological polar surface area (TPSA) is 40.5 Å². The zero-order chi connectivity index (χ0) is 12.5. The van der Waals surface area contributed by atoms with Gasteiger partial charge in [0.05, 0.1) is 12.6 Å². The molecule has 3 rings (SSSR count). The van der Waals surface area contributed by atoms with Crippen LogP contribution in [0.3, 0.4) is 0 Å². The molecule has 0 saturated heterocycles. The molecule has 90 valence electrons. The fourth-order valence-corrected chi connectivity index (χ4v) is 2.56. The minimum atomic E-state index is -0.875. The van der Waals surface area contributed by atoms with E-state index in [1.807, 2.05) is 54.6 Å². The number of hydrogen-bond acceptors (Lipinski definition) is 1. The van der Waals surface area contributed by atoms with Gasteiger partial charge in [-0.15, -0.1) is 0 Å². The molecule has 1 amide bonds. The lowest BCUT2D eigenvalue weighted by Crippen LogP contribution is -2.28. The highest BCUT2D eigenvalue weighted by Crippen LogP contribution is 2.38. The Morgan fingerprint density at radius 3 is 2.44 bits per heavy atom. The molecular weight excluding hydrogens is 226 g/mol. The maximum Gasteiger partial charge on any atom is 0.408 e. The number of carbonyl (C=O) groups is 1. The van der Waals surface area contributed by atoms with Crippen molar-refractivity contribution in [2.75, 3.05) is 0 Å². The zero-order valence-corrected chi connectivity index (χ0v) is 9.78. The molecule has 0 spiro atoms. The molecule has 1 aliphatic rings. The first kappa shape index (κ1) is 10.8. The van der Waals surface area contributed by atoms with E-state index in [0.717, 1.165) is 16.7 Å². The van der Waals surface area contributed by atoms with Crippen LogP contribution < -0.4 is 0 Å². The van der Waals surface area contributed by atoms with Gasteiger partial charge in [0.2, 0.25) is 0 Å². The number of nitrogens with zero attached hydrogens (tertiary/aromatic N) is 1. The van der Waals surface area contributed by atoms with Crippen LogP contribution in [0.2, 0.25) is 0 Å². The molecule has 2 aromatic carbocycles. The molecule has 2 aromatic rings. The van der Waals surface area contributed by atoms with Crippen molar-refractivity contribution < 1.29 is 9.90 Å². The average Bonchev–Trinajstić information content (AvgIpc) is 2.79. The van der Waals surface area contributed by atoms with Gasteiger partial charge in [-0.3, -0.25) is 4.90 Å². The molecule has 0 radical (unpaired) electrons. The fraction of sp³-hybridized carbons (Fsp3) is 0.133. The molecule has 0 aromatic heterocycles. The van der Waals surface area contributed by atoms with Gasteiger partial charge in [-0.1, -0.05) is 54.6 Å². The zero-order valence-electron chi connectivity index (χ0n) is 9.78. The molecule has 1 heterocycles. The molecule has 3 nitrogen and oxygen atoms in total. The standard InChI is InChI=1S/C15H13NO2/c17-15(18)16-10-12-8-4-5-9-13(12)14(16)11-6-2-1-3-7-11/h1-9,14H,10H2,(H,17,18). The number of carboxylic acid groups (broad SMARTS) is 1. The number of benzene rings is 2. The van der Waals surface area contributed by atoms with Crippen molar-refractivity contribution in [3.63, 3.8) is 0 Å². The van der Waals surface area contributed by atoms with Crippen molar-refractivity contribution in [2.45, 2.75) is 12.6 Å². The van der Waals surface area contributed by atoms with E-state index in [4.69, 9.17) is 0 Å². The highest BCUT2D eigenvalue weighted by molar-refractivity contribution is 5.68. The lowest BCUT2D eigenvalue weighted by Gasteiger charge is -2.22. The fourth-order valence-electron chi connectivity index (χ4n) is 2.56. The lowest BCUT2D eigenvalue weighted by molar-refractivity contribution is 0.136. The molecule has 1 unspecified atom stereocenters. The van der Waals surface area contributed by atoms with Crippen LogP contribution in [-0.2, 0) is 6.54 Å². The molecule has 3 heteroatoms. The van der Waals surface area contributed by atoms with Gasteiger partial charge in [0.25, 0.3) is 0 Å². The summed E-state index contributed by atoms with van der Waals surface area (Å²) in [5, 5.41) is 9.34. The van der Waals surface area contributed by atoms with Crippen LogP contribution in [0, 0.1) is 0 Å². The van der Waals surface area contributed by atoms with Crippen LogP contribution in [0.1, 0.15) is 22.7 Å². The van der Waals surface area contributed by atoms with Crippen molar-refractivity contribution >= 4 is 6.09 Å². The largest absolute Gasteiger partial charge is 0.465 e. The Bertz CT molecular complexity index is 580. The highest BCUT2D eigenvalue weighted by atomic mass is 16.4. The first-order valence-electron chi connectivity index (χ1n) is 5.89. The SMILES string of the molecule is O=C(O)N1Cc2ccccc2C1c1ccccc1. The maximum atomic E-state index is 11.4. The van der Waals surface area contributed by atoms with Gasteiger partial charge in [-0.05, 0) is 16.7 Å². The van der Waals surface area contributed by atoms with Gasteiger partial charge in [0, 0.05) is 0 Å². The summed E-state index contributed by atoms with van der Waals surface area (Å²) in [6.45, 7) is 0.463. The third-order valence-electron chi connectivity index (χ3n) is 3.36. The van der Waals surface area contributed by atoms with E-state index >= 15 is 0 Å². The van der Waals surface area contributed by atoms with E-state index in [0.29, 0.717) is 6.54 Å². The van der Waals surface area contributed by atoms with Crippen LogP contribution >= 0.6 is 0 Å². The molecule has 0 saturated carbocycles. The smallest absolute Gasteiger partial charge is 0.408 e. The summed E-state index contributed by atoms with van der Waals surface area (Å²) in [6.07, 6.45) is -0.875. The van der Waals surface area contributed by atoms with Crippen molar-refractivity contribution in [1.29, 1.82) is 0 Å². The molecule has 18 heavy (non-hydrogen) atoms. The van der Waals surface area contributed by atoms with E-state index in [-0.39, 0.29) is 6.04 Å². The first-order chi connectivity index (χ1) is 8.77. The highest BCUT2D eigenvalue weighted by Gasteiger charge is 2.34. The third kappa shape index (κ3) is 1.64. The van der Waals surface area contributed by atoms with Gasteiger partial charge in [-0.25, -0.2) is 4.79 Å². The van der Waals surface area contributed by atoms with Gasteiger partial charge in [0.1, 0.15) is 0 Å². The van der Waals surface area contributed by atoms with Gasteiger partial charge in [0.15, 0.2) is 0 Å². The van der Waals surface area contributed by atoms with Crippen LogP contribution in [0.15, 0.2) is 54.6 Å². The van der Waals surface area contributed by atoms with Gasteiger partial charge in [-0.2, -0.15) is 0 Å². The predicted octanol–water partition coefficient (Wildman–Crippen LogP) is 3.27. The van der Waals surface area contributed by atoms with E-state index in [9.17, 15) is 9.90 Å². The summed E-state index contributed by atoms with van der Waals surface area (Å²) in [4.78, 5) is 12.9. The number of hydrogen-bond donors (Lipinski definition) is 1. The Hall–Kier alpha value is -2.29. The van der Waals surface area contributed by atoms with Crippen molar-refractivity contribution in [3.05, 3.63) is 71.3 Å². The van der Waals surface area contributed by atoms with E-state index < -0.39 is 6.09 Å². The van der Waals surface area contributed by atoms with E-state index in [1.165, 1.54) is 4.90 Å². The monoisotopic (exact) mass is 239 g/mol. The maximum absolute atomic E-state index is 11.4. The molecular formula is C15H13NO2. The quantitative estimate of drug-likeness (QED) is 0.829. The molecule has 0 fully saturated rings. The summed E-state index contributed by atoms with van der Waals surface area (Å²) in [5.74, 6) is 0. The Morgan fingerprint density at radius 2 is 1.72 bits per heavy atom. The Kier molecular flexibility index (Phi) is 2.52. The first-order valence-corrected chi connectivity index (χ1v) is 5.89. The second kappa shape index (κ2) is 4.18. The Labute approximate surface area is 105 Å². The Balaban J connectivity index is 2.11. The predicted molar refractivity (Wildman–Crippen MR) is 68.3 cm³/mol. The summed E-state index contributed by atoms with van der Waals surface area (Å²) in [7, 11) is 0. The molecule has 1 N–H and O–H groups in total. The summed E-state index contributed by atoms with van der Waals surface area (Å²) in [6, 6.07) is 17.5. The second-order valence-electron chi connectivity index (χ2n) is 4.42. The van der Waals surface area contributed by atoms with Crippen LogP contribution in [0.4, 0.5) is 4.79 Å². The Morgan fingerprint density at radius 1 is 1.06 bits per heavy atom. The van der Waals surface area contributed by atoms with Gasteiger partial charge >= 0.3 is 6.09 Å². The van der Waals surface area contributed by atoms with Crippen LogP contribution in [0.25, 0.3) is 0 Å². The average molecular weight is 239 g/mol. The second-order valence-corrected chi connectivity index (χ2v) is 4.42. The minimum Gasteiger partial charge on any atom is -0.465 e. The third-order valence-corrected chi connectivity index (χ3v) is 3.36. The van der Waals surface area contributed by atoms with Crippen molar-refractivity contribution in [1.82, 2.24) is 4.90 Å². The van der Waals surface area contributed by atoms with Gasteiger partial charge < -0.3 is 5.11 Å². The van der Waals surface area contributed by atoms with Crippen LogP contribution in [-0.4, -0.2) is 16.1 Å². The summed E-state index contributed by atoms with van der Waals surface area (Å²) < 4.78 is 0. The minimum absolute atomic E-state index is 0.181. The summed E-state index contributed by atoms with van der Waals surface area (Å²) in [5.41, 5.74) is 3.20. The normalized spacial score (nSPS) is 17.6. The molecule has 1 atom stereocenters. The lowest BCUT2D eigenvalue weighted by atomic mass is 9.98.